The Hall–Kier alpha value is -1.00. The van der Waals surface area contributed by atoms with Crippen LogP contribution in [0, 0.1) is 12.8 Å². The van der Waals surface area contributed by atoms with E-state index in [1.807, 2.05) is 30.3 Å². The summed E-state index contributed by atoms with van der Waals surface area (Å²) in [6.07, 6.45) is 0.280. The van der Waals surface area contributed by atoms with Crippen molar-refractivity contribution >= 4 is 23.6 Å². The maximum absolute atomic E-state index is 10.4. The summed E-state index contributed by atoms with van der Waals surface area (Å²) < 4.78 is 5.70. The average Bonchev–Trinajstić information content (AvgIpc) is 2.80. The van der Waals surface area contributed by atoms with Crippen LogP contribution in [0.1, 0.15) is 22.8 Å². The van der Waals surface area contributed by atoms with Crippen LogP contribution >= 0.6 is 23.6 Å². The minimum absolute atomic E-state index is 0.0675. The van der Waals surface area contributed by atoms with E-state index >= 15 is 0 Å². The van der Waals surface area contributed by atoms with Crippen LogP contribution in [-0.2, 0) is 10.6 Å². The molecule has 0 spiro atoms. The minimum atomic E-state index is -0.489. The normalized spacial score (nSPS) is 20.5. The number of halogens is 1. The Morgan fingerprint density at radius 1 is 1.24 bits per heavy atom. The predicted molar refractivity (Wildman–Crippen MR) is 86.6 cm³/mol. The SMILES string of the molecule is Cc1ccc(SOCC2Cc3c(Cl)cccc3C2O)cc1. The molecule has 21 heavy (non-hydrogen) atoms. The lowest BCUT2D eigenvalue weighted by Gasteiger charge is -2.14. The van der Waals surface area contributed by atoms with Gasteiger partial charge in [-0.25, -0.2) is 0 Å². The van der Waals surface area contributed by atoms with Crippen LogP contribution in [0.4, 0.5) is 0 Å². The first kappa shape index (κ1) is 14.9. The van der Waals surface area contributed by atoms with Gasteiger partial charge >= 0.3 is 0 Å². The van der Waals surface area contributed by atoms with Crippen LogP contribution in [0.5, 0.6) is 0 Å². The highest BCUT2D eigenvalue weighted by Gasteiger charge is 2.32. The fourth-order valence-electron chi connectivity index (χ4n) is 2.63. The van der Waals surface area contributed by atoms with Gasteiger partial charge in [0.25, 0.3) is 0 Å². The summed E-state index contributed by atoms with van der Waals surface area (Å²) in [6, 6.07) is 13.9. The van der Waals surface area contributed by atoms with Crippen molar-refractivity contribution in [1.29, 1.82) is 0 Å². The van der Waals surface area contributed by atoms with Crippen LogP contribution in [-0.4, -0.2) is 11.7 Å². The van der Waals surface area contributed by atoms with Crippen molar-refractivity contribution in [3.05, 3.63) is 64.2 Å². The second kappa shape index (κ2) is 6.41. The molecule has 110 valence electrons. The van der Waals surface area contributed by atoms with Crippen molar-refractivity contribution < 1.29 is 9.29 Å². The number of benzene rings is 2. The number of aliphatic hydroxyl groups is 1. The Morgan fingerprint density at radius 2 is 2.00 bits per heavy atom. The smallest absolute Gasteiger partial charge is 0.0847 e. The lowest BCUT2D eigenvalue weighted by Crippen LogP contribution is -2.12. The quantitative estimate of drug-likeness (QED) is 0.836. The zero-order chi connectivity index (χ0) is 14.8. The Kier molecular flexibility index (Phi) is 4.55. The molecular weight excluding hydrogens is 304 g/mol. The summed E-state index contributed by atoms with van der Waals surface area (Å²) in [5.74, 6) is 0.0675. The summed E-state index contributed by atoms with van der Waals surface area (Å²) in [4.78, 5) is 1.07. The average molecular weight is 321 g/mol. The number of fused-ring (bicyclic) bond motifs is 1. The number of hydrogen-bond acceptors (Lipinski definition) is 3. The van der Waals surface area contributed by atoms with E-state index in [0.717, 1.165) is 27.5 Å². The van der Waals surface area contributed by atoms with E-state index in [0.29, 0.717) is 6.61 Å². The van der Waals surface area contributed by atoms with Gasteiger partial charge in [-0.15, -0.1) is 0 Å². The van der Waals surface area contributed by atoms with E-state index in [1.54, 1.807) is 0 Å². The third-order valence-electron chi connectivity index (χ3n) is 3.84. The molecule has 1 aliphatic carbocycles. The molecule has 0 fully saturated rings. The van der Waals surface area contributed by atoms with E-state index in [1.165, 1.54) is 17.6 Å². The number of aryl methyl sites for hydroxylation is 1. The van der Waals surface area contributed by atoms with Crippen molar-refractivity contribution in [2.45, 2.75) is 24.3 Å². The molecule has 0 saturated carbocycles. The maximum Gasteiger partial charge on any atom is 0.0847 e. The molecule has 2 atom stereocenters. The van der Waals surface area contributed by atoms with E-state index in [2.05, 4.69) is 19.1 Å². The summed E-state index contributed by atoms with van der Waals surface area (Å²) in [6.45, 7) is 2.57. The second-order valence-corrected chi connectivity index (χ2v) is 6.68. The van der Waals surface area contributed by atoms with Gasteiger partial charge in [-0.1, -0.05) is 41.4 Å². The highest BCUT2D eigenvalue weighted by molar-refractivity contribution is 7.94. The summed E-state index contributed by atoms with van der Waals surface area (Å²) >= 11 is 7.54. The van der Waals surface area contributed by atoms with Gasteiger partial charge in [-0.2, -0.15) is 0 Å². The van der Waals surface area contributed by atoms with Crippen LogP contribution in [0.15, 0.2) is 47.4 Å². The lowest BCUT2D eigenvalue weighted by atomic mass is 10.1. The molecule has 0 heterocycles. The molecular formula is C17H17ClO2S. The Balaban J connectivity index is 1.58. The van der Waals surface area contributed by atoms with Crippen LogP contribution in [0.3, 0.4) is 0 Å². The van der Waals surface area contributed by atoms with Gasteiger partial charge in [0.15, 0.2) is 0 Å². The fourth-order valence-corrected chi connectivity index (χ4v) is 3.51. The molecule has 0 aliphatic heterocycles. The van der Waals surface area contributed by atoms with E-state index in [4.69, 9.17) is 15.8 Å². The standard InChI is InChI=1S/C17H17ClO2S/c1-11-5-7-13(8-6-11)21-20-10-12-9-15-14(17(12)19)3-2-4-16(15)18/h2-8,12,17,19H,9-10H2,1H3. The number of rotatable bonds is 4. The monoisotopic (exact) mass is 320 g/mol. The molecule has 4 heteroatoms. The molecule has 0 radical (unpaired) electrons. The third kappa shape index (κ3) is 3.27. The maximum atomic E-state index is 10.4. The summed E-state index contributed by atoms with van der Waals surface area (Å²) in [5.41, 5.74) is 3.23. The molecule has 0 aromatic heterocycles. The van der Waals surface area contributed by atoms with Gasteiger partial charge < -0.3 is 9.29 Å². The van der Waals surface area contributed by atoms with Crippen LogP contribution < -0.4 is 0 Å². The molecule has 3 rings (SSSR count). The first-order valence-electron chi connectivity index (χ1n) is 6.96. The number of aliphatic hydroxyl groups excluding tert-OH is 1. The van der Waals surface area contributed by atoms with Gasteiger partial charge in [-0.05, 0) is 42.7 Å². The van der Waals surface area contributed by atoms with Crippen molar-refractivity contribution in [1.82, 2.24) is 0 Å². The minimum Gasteiger partial charge on any atom is -0.388 e. The largest absolute Gasteiger partial charge is 0.388 e. The van der Waals surface area contributed by atoms with Crippen LogP contribution in [0.25, 0.3) is 0 Å². The topological polar surface area (TPSA) is 29.5 Å². The van der Waals surface area contributed by atoms with Gasteiger partial charge in [0.2, 0.25) is 0 Å². The van der Waals surface area contributed by atoms with Gasteiger partial charge in [0.1, 0.15) is 0 Å². The zero-order valence-corrected chi connectivity index (χ0v) is 13.3. The van der Waals surface area contributed by atoms with Gasteiger partial charge in [0.05, 0.1) is 12.7 Å². The lowest BCUT2D eigenvalue weighted by molar-refractivity contribution is 0.0948. The Labute approximate surface area is 134 Å². The molecule has 2 aromatic rings. The molecule has 2 unspecified atom stereocenters. The number of hydrogen-bond donors (Lipinski definition) is 1. The second-order valence-electron chi connectivity index (χ2n) is 5.40. The molecule has 2 aromatic carbocycles. The predicted octanol–water partition coefficient (Wildman–Crippen LogP) is 4.58. The molecule has 1 aliphatic rings. The first-order valence-corrected chi connectivity index (χ1v) is 8.08. The summed E-state index contributed by atoms with van der Waals surface area (Å²) in [5, 5.41) is 11.1. The fraction of sp³-hybridized carbons (Fsp3) is 0.294. The van der Waals surface area contributed by atoms with Gasteiger partial charge in [0, 0.05) is 27.9 Å². The molecule has 0 saturated heterocycles. The molecule has 1 N–H and O–H groups in total. The Bertz CT molecular complexity index is 627. The van der Waals surface area contributed by atoms with Crippen molar-refractivity contribution in [3.8, 4) is 0 Å². The highest BCUT2D eigenvalue weighted by Crippen LogP contribution is 2.40. The van der Waals surface area contributed by atoms with Crippen molar-refractivity contribution in [2.24, 2.45) is 5.92 Å². The van der Waals surface area contributed by atoms with Crippen molar-refractivity contribution in [3.63, 3.8) is 0 Å². The van der Waals surface area contributed by atoms with E-state index < -0.39 is 6.10 Å². The van der Waals surface area contributed by atoms with Gasteiger partial charge in [-0.3, -0.25) is 0 Å². The first-order chi connectivity index (χ1) is 10.1. The summed E-state index contributed by atoms with van der Waals surface area (Å²) in [7, 11) is 0. The van der Waals surface area contributed by atoms with Crippen molar-refractivity contribution in [2.75, 3.05) is 6.61 Å². The molecule has 0 bridgehead atoms. The van der Waals surface area contributed by atoms with Crippen LogP contribution in [0.2, 0.25) is 5.02 Å². The third-order valence-corrected chi connectivity index (χ3v) is 4.92. The molecule has 0 amide bonds. The zero-order valence-electron chi connectivity index (χ0n) is 11.8. The Morgan fingerprint density at radius 3 is 2.71 bits per heavy atom. The molecule has 2 nitrogen and oxygen atoms in total. The highest BCUT2D eigenvalue weighted by atomic mass is 35.5. The van der Waals surface area contributed by atoms with E-state index in [-0.39, 0.29) is 5.92 Å². The van der Waals surface area contributed by atoms with E-state index in [9.17, 15) is 5.11 Å².